The molecule has 0 saturated carbocycles. The van der Waals surface area contributed by atoms with Crippen molar-refractivity contribution in [3.63, 3.8) is 0 Å². The lowest BCUT2D eigenvalue weighted by Crippen LogP contribution is -2.43. The maximum absolute atomic E-state index is 12.6. The number of carbonyl (C=O) groups excluding carboxylic acids is 1. The molecule has 0 radical (unpaired) electrons. The predicted molar refractivity (Wildman–Crippen MR) is 78.5 cm³/mol. The van der Waals surface area contributed by atoms with Gasteiger partial charge in [0.15, 0.2) is 5.72 Å². The van der Waals surface area contributed by atoms with Gasteiger partial charge in [0.1, 0.15) is 0 Å². The van der Waals surface area contributed by atoms with Crippen LogP contribution in [0.5, 0.6) is 0 Å². The van der Waals surface area contributed by atoms with Crippen LogP contribution < -0.4 is 0 Å². The summed E-state index contributed by atoms with van der Waals surface area (Å²) in [5.74, 6) is -0.347. The van der Waals surface area contributed by atoms with Gasteiger partial charge in [-0.05, 0) is 19.1 Å². The van der Waals surface area contributed by atoms with E-state index in [1.165, 1.54) is 0 Å². The molecule has 0 bridgehead atoms. The summed E-state index contributed by atoms with van der Waals surface area (Å²) in [6.45, 7) is 1.80. The summed E-state index contributed by atoms with van der Waals surface area (Å²) in [6.07, 6.45) is 3.39. The minimum atomic E-state index is -1.44. The largest absolute Gasteiger partial charge is 0.365 e. The van der Waals surface area contributed by atoms with Crippen LogP contribution in [0.15, 0.2) is 60.0 Å². The molecule has 1 aliphatic heterocycles. The van der Waals surface area contributed by atoms with E-state index < -0.39 is 5.72 Å². The van der Waals surface area contributed by atoms with Gasteiger partial charge in [0.2, 0.25) is 0 Å². The average molecular weight is 281 g/mol. The van der Waals surface area contributed by atoms with Crippen molar-refractivity contribution in [1.29, 1.82) is 0 Å². The van der Waals surface area contributed by atoms with Gasteiger partial charge in [0.25, 0.3) is 5.91 Å². The Hall–Kier alpha value is -2.53. The van der Waals surface area contributed by atoms with Crippen molar-refractivity contribution in [2.24, 2.45) is 5.10 Å². The quantitative estimate of drug-likeness (QED) is 0.917. The summed E-state index contributed by atoms with van der Waals surface area (Å²) in [5, 5.41) is 16.4. The number of aliphatic hydroxyl groups is 1. The van der Waals surface area contributed by atoms with Gasteiger partial charge in [-0.3, -0.25) is 9.78 Å². The van der Waals surface area contributed by atoms with Gasteiger partial charge in [-0.15, -0.1) is 0 Å². The second-order valence-corrected chi connectivity index (χ2v) is 5.05. The number of hydrogen-bond acceptors (Lipinski definition) is 4. The molecule has 1 atom stereocenters. The number of benzene rings is 1. The molecule has 0 fully saturated rings. The highest BCUT2D eigenvalue weighted by Gasteiger charge is 2.44. The van der Waals surface area contributed by atoms with Gasteiger partial charge in [-0.2, -0.15) is 10.1 Å². The molecule has 106 valence electrons. The first-order valence-electron chi connectivity index (χ1n) is 6.68. The Morgan fingerprint density at radius 3 is 2.52 bits per heavy atom. The standard InChI is InChI=1S/C16H15N3O2/c1-12-11-16(21,14-5-3-2-4-6-14)19(18-12)15(20)13-7-9-17-10-8-13/h2-10,21H,11H2,1H3/t16-/m1/s1. The smallest absolute Gasteiger partial charge is 0.277 e. The van der Waals surface area contributed by atoms with Crippen molar-refractivity contribution >= 4 is 11.6 Å². The molecule has 5 heteroatoms. The molecule has 1 aromatic heterocycles. The van der Waals surface area contributed by atoms with Gasteiger partial charge < -0.3 is 5.11 Å². The van der Waals surface area contributed by atoms with E-state index >= 15 is 0 Å². The second kappa shape index (κ2) is 5.10. The maximum atomic E-state index is 12.6. The molecule has 2 heterocycles. The summed E-state index contributed by atoms with van der Waals surface area (Å²) in [6, 6.07) is 12.3. The van der Waals surface area contributed by atoms with E-state index in [1.807, 2.05) is 18.2 Å². The number of carbonyl (C=O) groups is 1. The van der Waals surface area contributed by atoms with Crippen LogP contribution in [-0.4, -0.2) is 26.7 Å². The van der Waals surface area contributed by atoms with Crippen LogP contribution in [0.25, 0.3) is 0 Å². The predicted octanol–water partition coefficient (Wildman–Crippen LogP) is 2.15. The van der Waals surface area contributed by atoms with Crippen molar-refractivity contribution in [2.45, 2.75) is 19.1 Å². The van der Waals surface area contributed by atoms with Crippen LogP contribution in [-0.2, 0) is 5.72 Å². The highest BCUT2D eigenvalue weighted by Crippen LogP contribution is 2.36. The first-order valence-corrected chi connectivity index (χ1v) is 6.68. The third-order valence-electron chi connectivity index (χ3n) is 3.48. The van der Waals surface area contributed by atoms with E-state index in [0.29, 0.717) is 23.3 Å². The molecule has 3 rings (SSSR count). The molecule has 1 N–H and O–H groups in total. The molecule has 0 spiro atoms. The van der Waals surface area contributed by atoms with Crippen molar-refractivity contribution in [2.75, 3.05) is 0 Å². The lowest BCUT2D eigenvalue weighted by Gasteiger charge is -2.31. The fraction of sp³-hybridized carbons (Fsp3) is 0.188. The lowest BCUT2D eigenvalue weighted by molar-refractivity contribution is -0.0765. The molecule has 0 saturated heterocycles. The van der Waals surface area contributed by atoms with Crippen LogP contribution in [0.1, 0.15) is 29.3 Å². The van der Waals surface area contributed by atoms with Crippen LogP contribution in [0.3, 0.4) is 0 Å². The van der Waals surface area contributed by atoms with E-state index in [1.54, 1.807) is 43.6 Å². The first-order chi connectivity index (χ1) is 10.1. The van der Waals surface area contributed by atoms with E-state index in [0.717, 1.165) is 5.01 Å². The number of hydrogen-bond donors (Lipinski definition) is 1. The van der Waals surface area contributed by atoms with Crippen molar-refractivity contribution < 1.29 is 9.90 Å². The van der Waals surface area contributed by atoms with Crippen molar-refractivity contribution in [3.8, 4) is 0 Å². The van der Waals surface area contributed by atoms with Gasteiger partial charge in [0.05, 0.1) is 0 Å². The lowest BCUT2D eigenvalue weighted by atomic mass is 9.97. The van der Waals surface area contributed by atoms with Gasteiger partial charge >= 0.3 is 0 Å². The van der Waals surface area contributed by atoms with E-state index in [2.05, 4.69) is 10.1 Å². The van der Waals surface area contributed by atoms with Gasteiger partial charge in [0, 0.05) is 35.7 Å². The molecule has 1 aliphatic rings. The highest BCUT2D eigenvalue weighted by molar-refractivity contribution is 5.97. The summed E-state index contributed by atoms with van der Waals surface area (Å²) in [5.41, 5.74) is 0.362. The molecule has 2 aromatic rings. The minimum absolute atomic E-state index is 0.299. The zero-order valence-electron chi connectivity index (χ0n) is 11.6. The molecular weight excluding hydrogens is 266 g/mol. The zero-order valence-corrected chi connectivity index (χ0v) is 11.6. The maximum Gasteiger partial charge on any atom is 0.277 e. The first kappa shape index (κ1) is 13.5. The summed E-state index contributed by atoms with van der Waals surface area (Å²) in [4.78, 5) is 16.5. The average Bonchev–Trinajstić information content (AvgIpc) is 2.84. The van der Waals surface area contributed by atoms with Gasteiger partial charge in [-0.1, -0.05) is 30.3 Å². The van der Waals surface area contributed by atoms with Crippen LogP contribution in [0.4, 0.5) is 0 Å². The molecule has 1 aromatic carbocycles. The summed E-state index contributed by atoms with van der Waals surface area (Å²) in [7, 11) is 0. The zero-order chi connectivity index (χ0) is 14.9. The van der Waals surface area contributed by atoms with Crippen molar-refractivity contribution in [1.82, 2.24) is 9.99 Å². The monoisotopic (exact) mass is 281 g/mol. The molecule has 0 unspecified atom stereocenters. The third-order valence-corrected chi connectivity index (χ3v) is 3.48. The van der Waals surface area contributed by atoms with Gasteiger partial charge in [-0.25, -0.2) is 0 Å². The molecule has 1 amide bonds. The number of hydrazone groups is 1. The number of amides is 1. The summed E-state index contributed by atoms with van der Waals surface area (Å²) >= 11 is 0. The Morgan fingerprint density at radius 1 is 1.19 bits per heavy atom. The van der Waals surface area contributed by atoms with Crippen LogP contribution in [0.2, 0.25) is 0 Å². The Kier molecular flexibility index (Phi) is 3.27. The SMILES string of the molecule is CC1=NN(C(=O)c2ccncc2)[C@](O)(c2ccccc2)C1. The summed E-state index contributed by atoms with van der Waals surface area (Å²) < 4.78 is 0. The van der Waals surface area contributed by atoms with Crippen molar-refractivity contribution in [3.05, 3.63) is 66.0 Å². The number of pyridine rings is 1. The van der Waals surface area contributed by atoms with E-state index in [-0.39, 0.29) is 5.91 Å². The van der Waals surface area contributed by atoms with E-state index in [4.69, 9.17) is 0 Å². The topological polar surface area (TPSA) is 65.8 Å². The number of aromatic nitrogens is 1. The Balaban J connectivity index is 2.01. The van der Waals surface area contributed by atoms with Crippen LogP contribution >= 0.6 is 0 Å². The highest BCUT2D eigenvalue weighted by atomic mass is 16.3. The molecular formula is C16H15N3O2. The van der Waals surface area contributed by atoms with E-state index in [9.17, 15) is 9.90 Å². The molecule has 5 nitrogen and oxygen atoms in total. The molecule has 21 heavy (non-hydrogen) atoms. The number of nitrogens with zero attached hydrogens (tertiary/aromatic N) is 3. The normalized spacial score (nSPS) is 21.2. The molecule has 0 aliphatic carbocycles. The fourth-order valence-corrected chi connectivity index (χ4v) is 2.48. The minimum Gasteiger partial charge on any atom is -0.365 e. The Bertz CT molecular complexity index is 685. The second-order valence-electron chi connectivity index (χ2n) is 5.05. The Morgan fingerprint density at radius 2 is 1.86 bits per heavy atom. The third kappa shape index (κ3) is 2.32. The number of rotatable bonds is 2. The Labute approximate surface area is 122 Å². The fourth-order valence-electron chi connectivity index (χ4n) is 2.48. The van der Waals surface area contributed by atoms with Crippen LogP contribution in [0, 0.1) is 0 Å².